The third-order valence-corrected chi connectivity index (χ3v) is 4.61. The van der Waals surface area contributed by atoms with Gasteiger partial charge in [0.25, 0.3) is 5.91 Å². The smallest absolute Gasteiger partial charge is 0.376 e. The van der Waals surface area contributed by atoms with Gasteiger partial charge >= 0.3 is 16.4 Å². The highest BCUT2D eigenvalue weighted by atomic mass is 32.3. The van der Waals surface area contributed by atoms with Gasteiger partial charge in [-0.15, -0.1) is 4.28 Å². The molecule has 0 saturated carbocycles. The summed E-state index contributed by atoms with van der Waals surface area (Å²) < 4.78 is 40.0. The number of hydrogen-bond donors (Lipinski definition) is 2. The van der Waals surface area contributed by atoms with Crippen LogP contribution in [0.25, 0.3) is 0 Å². The molecule has 3 saturated heterocycles. The number of nitrogens with one attached hydrogen (secondary N) is 1. The van der Waals surface area contributed by atoms with E-state index in [1.54, 1.807) is 0 Å². The van der Waals surface area contributed by atoms with Crippen LogP contribution in [-0.2, 0) is 29.1 Å². The van der Waals surface area contributed by atoms with E-state index in [0.29, 0.717) is 24.5 Å². The molecule has 3 atom stereocenters. The van der Waals surface area contributed by atoms with Crippen LogP contribution in [0, 0.1) is 0 Å². The molecule has 3 rings (SSSR count). The quantitative estimate of drug-likeness (QED) is 0.462. The van der Waals surface area contributed by atoms with Crippen LogP contribution in [-0.4, -0.2) is 72.8 Å². The third kappa shape index (κ3) is 3.78. The zero-order valence-corrected chi connectivity index (χ0v) is 13.6. The lowest BCUT2D eigenvalue weighted by molar-refractivity contribution is -0.141. The topological polar surface area (TPSA) is 135 Å². The first-order chi connectivity index (χ1) is 11.3. The summed E-state index contributed by atoms with van der Waals surface area (Å²) in [5.74, 6) is -0.492. The average molecular weight is 365 g/mol. The van der Waals surface area contributed by atoms with Crippen molar-refractivity contribution in [3.05, 3.63) is 0 Å². The molecule has 24 heavy (non-hydrogen) atoms. The Balaban J connectivity index is 1.54. The first-order valence-corrected chi connectivity index (χ1v) is 9.02. The van der Waals surface area contributed by atoms with E-state index in [-0.39, 0.29) is 19.3 Å². The second kappa shape index (κ2) is 6.80. The van der Waals surface area contributed by atoms with E-state index in [1.165, 1.54) is 4.90 Å². The van der Waals surface area contributed by atoms with Crippen molar-refractivity contribution in [1.29, 1.82) is 0 Å². The van der Waals surface area contributed by atoms with Crippen LogP contribution in [0.1, 0.15) is 25.7 Å². The highest BCUT2D eigenvalue weighted by molar-refractivity contribution is 7.80. The van der Waals surface area contributed by atoms with Gasteiger partial charge in [0, 0.05) is 13.2 Å². The summed E-state index contributed by atoms with van der Waals surface area (Å²) in [5, 5.41) is 0.593. The standard InChI is InChI=1S/C12H19N3O8S/c16-11(13-22-7-9-2-1-5-21-9)10-4-3-8-6-14(10)12(17)15(8)23-24(18,19)20/h8-10H,1-7H2,(H,13,16)(H,18,19,20)/t8-,9?,10+/m1/s1. The molecule has 0 radical (unpaired) electrons. The molecular weight excluding hydrogens is 346 g/mol. The van der Waals surface area contributed by atoms with Gasteiger partial charge in [-0.25, -0.2) is 10.3 Å². The normalized spacial score (nSPS) is 30.0. The maximum atomic E-state index is 12.2. The molecule has 136 valence electrons. The third-order valence-electron chi connectivity index (χ3n) is 4.27. The van der Waals surface area contributed by atoms with E-state index in [1.807, 2.05) is 0 Å². The Kier molecular flexibility index (Phi) is 4.92. The number of urea groups is 1. The molecule has 12 heteroatoms. The minimum Gasteiger partial charge on any atom is -0.376 e. The van der Waals surface area contributed by atoms with Crippen LogP contribution in [0.15, 0.2) is 0 Å². The zero-order chi connectivity index (χ0) is 17.3. The summed E-state index contributed by atoms with van der Waals surface area (Å²) >= 11 is 0. The molecule has 0 aromatic carbocycles. The molecule has 3 aliphatic heterocycles. The van der Waals surface area contributed by atoms with E-state index in [2.05, 4.69) is 9.76 Å². The molecule has 11 nitrogen and oxygen atoms in total. The molecular formula is C12H19N3O8S. The van der Waals surface area contributed by atoms with E-state index < -0.39 is 34.4 Å². The lowest BCUT2D eigenvalue weighted by atomic mass is 10.0. The van der Waals surface area contributed by atoms with Crippen LogP contribution in [0.2, 0.25) is 0 Å². The van der Waals surface area contributed by atoms with Gasteiger partial charge in [0.2, 0.25) is 0 Å². The molecule has 0 aromatic heterocycles. The van der Waals surface area contributed by atoms with Crippen LogP contribution < -0.4 is 5.48 Å². The van der Waals surface area contributed by atoms with Crippen LogP contribution >= 0.6 is 0 Å². The zero-order valence-electron chi connectivity index (χ0n) is 12.8. The lowest BCUT2D eigenvalue weighted by Gasteiger charge is -2.29. The molecule has 3 aliphatic rings. The second-order valence-electron chi connectivity index (χ2n) is 5.92. The van der Waals surface area contributed by atoms with Crippen LogP contribution in [0.3, 0.4) is 0 Å². The molecule has 2 bridgehead atoms. The number of carbonyl (C=O) groups excluding carboxylic acids is 2. The maximum Gasteiger partial charge on any atom is 0.418 e. The van der Waals surface area contributed by atoms with Gasteiger partial charge in [-0.1, -0.05) is 0 Å². The molecule has 0 aliphatic carbocycles. The number of nitrogens with zero attached hydrogens (tertiary/aromatic N) is 2. The molecule has 3 heterocycles. The summed E-state index contributed by atoms with van der Waals surface area (Å²) in [7, 11) is -4.80. The second-order valence-corrected chi connectivity index (χ2v) is 6.93. The predicted molar refractivity (Wildman–Crippen MR) is 76.5 cm³/mol. The first-order valence-electron chi connectivity index (χ1n) is 7.65. The summed E-state index contributed by atoms with van der Waals surface area (Å²) in [4.78, 5) is 30.7. The average Bonchev–Trinajstić information content (AvgIpc) is 3.10. The first kappa shape index (κ1) is 17.4. The Morgan fingerprint density at radius 1 is 1.38 bits per heavy atom. The predicted octanol–water partition coefficient (Wildman–Crippen LogP) is -0.784. The Labute approximate surface area is 138 Å². The van der Waals surface area contributed by atoms with Crippen molar-refractivity contribution in [3.63, 3.8) is 0 Å². The fourth-order valence-electron chi connectivity index (χ4n) is 3.15. The molecule has 0 spiro atoms. The van der Waals surface area contributed by atoms with E-state index in [4.69, 9.17) is 14.1 Å². The number of piperidine rings is 1. The Morgan fingerprint density at radius 3 is 2.83 bits per heavy atom. The van der Waals surface area contributed by atoms with E-state index in [9.17, 15) is 18.0 Å². The van der Waals surface area contributed by atoms with E-state index in [0.717, 1.165) is 12.8 Å². The van der Waals surface area contributed by atoms with Gasteiger partial charge < -0.3 is 9.64 Å². The maximum absolute atomic E-state index is 12.2. The van der Waals surface area contributed by atoms with E-state index >= 15 is 0 Å². The van der Waals surface area contributed by atoms with Gasteiger partial charge in [0.1, 0.15) is 12.6 Å². The molecule has 3 fully saturated rings. The summed E-state index contributed by atoms with van der Waals surface area (Å²) in [5.41, 5.74) is 2.31. The van der Waals surface area contributed by atoms with Gasteiger partial charge in [-0.3, -0.25) is 14.2 Å². The van der Waals surface area contributed by atoms with Crippen LogP contribution in [0.5, 0.6) is 0 Å². The van der Waals surface area contributed by atoms with Gasteiger partial charge in [-0.05, 0) is 25.7 Å². The summed E-state index contributed by atoms with van der Waals surface area (Å²) in [6, 6.07) is -2.10. The lowest BCUT2D eigenvalue weighted by Crippen LogP contribution is -2.50. The number of ether oxygens (including phenoxy) is 1. The monoisotopic (exact) mass is 365 g/mol. The number of hydroxylamine groups is 3. The van der Waals surface area contributed by atoms with Gasteiger partial charge in [0.05, 0.1) is 12.1 Å². The number of rotatable bonds is 6. The number of amides is 3. The van der Waals surface area contributed by atoms with Crippen molar-refractivity contribution in [2.75, 3.05) is 19.8 Å². The highest BCUT2D eigenvalue weighted by Gasteiger charge is 2.49. The minimum absolute atomic E-state index is 0.0480. The van der Waals surface area contributed by atoms with Crippen molar-refractivity contribution >= 4 is 22.3 Å². The van der Waals surface area contributed by atoms with Crippen molar-refractivity contribution in [3.8, 4) is 0 Å². The van der Waals surface area contributed by atoms with Gasteiger partial charge in [0.15, 0.2) is 0 Å². The molecule has 1 unspecified atom stereocenters. The summed E-state index contributed by atoms with van der Waals surface area (Å²) in [6.45, 7) is 1.04. The highest BCUT2D eigenvalue weighted by Crippen LogP contribution is 2.30. The fraction of sp³-hybridized carbons (Fsp3) is 0.833. The molecule has 0 aromatic rings. The van der Waals surface area contributed by atoms with Crippen molar-refractivity contribution in [2.24, 2.45) is 0 Å². The Bertz CT molecular complexity index is 605. The van der Waals surface area contributed by atoms with Crippen molar-refractivity contribution in [1.82, 2.24) is 15.4 Å². The SMILES string of the molecule is O=C(NOCC1CCCO1)[C@@H]1CC[C@@H]2CN1C(=O)N2OS(=O)(=O)O. The fourth-order valence-corrected chi connectivity index (χ4v) is 3.54. The minimum atomic E-state index is -4.80. The number of fused-ring (bicyclic) bond motifs is 2. The number of hydrogen-bond acceptors (Lipinski definition) is 7. The van der Waals surface area contributed by atoms with Crippen molar-refractivity contribution in [2.45, 2.75) is 43.9 Å². The van der Waals surface area contributed by atoms with Gasteiger partial charge in [-0.2, -0.15) is 13.5 Å². The molecule has 3 amide bonds. The summed E-state index contributed by atoms with van der Waals surface area (Å²) in [6.07, 6.45) is 2.47. The largest absolute Gasteiger partial charge is 0.418 e. The number of carbonyl (C=O) groups is 2. The molecule has 2 N–H and O–H groups in total. The van der Waals surface area contributed by atoms with Crippen molar-refractivity contribution < 1.29 is 36.4 Å². The Morgan fingerprint density at radius 2 is 2.17 bits per heavy atom. The Hall–Kier alpha value is -1.47. The van der Waals surface area contributed by atoms with Crippen LogP contribution in [0.4, 0.5) is 4.79 Å².